The Bertz CT molecular complexity index is 1540. The molecule has 2 aromatic carbocycles. The molecule has 0 spiro atoms. The van der Waals surface area contributed by atoms with Crippen LogP contribution in [0, 0.1) is 0 Å². The molecular formula is C27H31ClN6O4S. The first kappa shape index (κ1) is 28.3. The van der Waals surface area contributed by atoms with Crippen LogP contribution in [-0.4, -0.2) is 68.2 Å². The van der Waals surface area contributed by atoms with E-state index in [9.17, 15) is 13.2 Å². The lowest BCUT2D eigenvalue weighted by molar-refractivity contribution is -0.117. The second-order valence-electron chi connectivity index (χ2n) is 9.46. The molecule has 1 aromatic heterocycles. The van der Waals surface area contributed by atoms with E-state index in [2.05, 4.69) is 25.3 Å². The summed E-state index contributed by atoms with van der Waals surface area (Å²) < 4.78 is 34.9. The highest BCUT2D eigenvalue weighted by Crippen LogP contribution is 2.33. The monoisotopic (exact) mass is 570 g/mol. The standard InChI is InChI=1S/C27H31ClN6O4S/c1-17(16-34(2)3)29-27(35)18-8-7-9-20(14-18)39(36,37)33-26-25(30-22-10-5-6-11-23(22)31-26)32-24-15-19(38-4)12-13-21(24)28/h5-8,10-15,17,20H,9,16H2,1-4H3,(H,29,35)(H,30,32)(H,31,33). The number of likely N-dealkylation sites (N-methyl/N-ethyl adjacent to an activating group) is 1. The number of nitrogens with zero attached hydrogens (tertiary/aromatic N) is 3. The van der Waals surface area contributed by atoms with Crippen molar-refractivity contribution < 1.29 is 17.9 Å². The van der Waals surface area contributed by atoms with Gasteiger partial charge in [0.15, 0.2) is 11.6 Å². The summed E-state index contributed by atoms with van der Waals surface area (Å²) in [6.45, 7) is 2.54. The third-order valence-corrected chi connectivity index (χ3v) is 7.88. The van der Waals surface area contributed by atoms with Crippen molar-refractivity contribution in [3.8, 4) is 5.75 Å². The van der Waals surface area contributed by atoms with Gasteiger partial charge in [0.05, 0.1) is 28.9 Å². The number of fused-ring (bicyclic) bond motifs is 1. The van der Waals surface area contributed by atoms with Crippen molar-refractivity contribution in [2.75, 3.05) is 37.8 Å². The lowest BCUT2D eigenvalue weighted by atomic mass is 10.1. The van der Waals surface area contributed by atoms with E-state index >= 15 is 0 Å². The SMILES string of the molecule is COc1ccc(Cl)c(Nc2nc3ccccc3nc2NS(=O)(=O)C2C=C(C(=O)NC(C)CN(C)C)C=CC2)c1. The lowest BCUT2D eigenvalue weighted by Gasteiger charge is -2.21. The summed E-state index contributed by atoms with van der Waals surface area (Å²) in [5, 5.41) is 5.39. The van der Waals surface area contributed by atoms with E-state index in [1.54, 1.807) is 48.6 Å². The van der Waals surface area contributed by atoms with Crippen LogP contribution in [0.5, 0.6) is 5.75 Å². The van der Waals surface area contributed by atoms with Crippen LogP contribution in [0.1, 0.15) is 13.3 Å². The van der Waals surface area contributed by atoms with Crippen LogP contribution >= 0.6 is 11.6 Å². The van der Waals surface area contributed by atoms with Gasteiger partial charge in [-0.2, -0.15) is 0 Å². The van der Waals surface area contributed by atoms with Gasteiger partial charge in [0, 0.05) is 24.2 Å². The van der Waals surface area contributed by atoms with Gasteiger partial charge in [-0.1, -0.05) is 42.0 Å². The highest BCUT2D eigenvalue weighted by atomic mass is 35.5. The summed E-state index contributed by atoms with van der Waals surface area (Å²) in [6, 6.07) is 12.1. The number of aromatic nitrogens is 2. The van der Waals surface area contributed by atoms with Crippen molar-refractivity contribution in [3.05, 3.63) is 71.3 Å². The molecule has 2 atom stereocenters. The Labute approximate surface area is 233 Å². The number of halogens is 1. The van der Waals surface area contributed by atoms with Gasteiger partial charge in [-0.3, -0.25) is 9.52 Å². The Hall–Kier alpha value is -3.67. The molecule has 1 amide bonds. The van der Waals surface area contributed by atoms with Crippen LogP contribution in [0.25, 0.3) is 11.0 Å². The highest BCUT2D eigenvalue weighted by Gasteiger charge is 2.28. The number of amides is 1. The molecule has 0 aliphatic heterocycles. The van der Waals surface area contributed by atoms with Gasteiger partial charge >= 0.3 is 0 Å². The van der Waals surface area contributed by atoms with E-state index in [1.165, 1.54) is 13.2 Å². The van der Waals surface area contributed by atoms with Gasteiger partial charge in [0.25, 0.3) is 5.91 Å². The average Bonchev–Trinajstić information content (AvgIpc) is 2.89. The van der Waals surface area contributed by atoms with Gasteiger partial charge in [0.2, 0.25) is 10.0 Å². The minimum absolute atomic E-state index is 0.00106. The number of nitrogens with one attached hydrogen (secondary N) is 3. The smallest absolute Gasteiger partial charge is 0.251 e. The number of hydrogen-bond acceptors (Lipinski definition) is 8. The summed E-state index contributed by atoms with van der Waals surface area (Å²) in [5.74, 6) is 0.392. The maximum Gasteiger partial charge on any atom is 0.251 e. The maximum absolute atomic E-state index is 13.5. The van der Waals surface area contributed by atoms with Crippen molar-refractivity contribution in [3.63, 3.8) is 0 Å². The van der Waals surface area contributed by atoms with E-state index in [1.807, 2.05) is 32.0 Å². The molecule has 3 aromatic rings. The van der Waals surface area contributed by atoms with Gasteiger partial charge in [0.1, 0.15) is 11.0 Å². The van der Waals surface area contributed by atoms with Crippen LogP contribution in [0.2, 0.25) is 5.02 Å². The van der Waals surface area contributed by atoms with E-state index < -0.39 is 15.3 Å². The molecule has 1 aliphatic rings. The second kappa shape index (κ2) is 12.0. The van der Waals surface area contributed by atoms with E-state index in [0.717, 1.165) is 0 Å². The molecule has 0 saturated carbocycles. The quantitative estimate of drug-likeness (QED) is 0.333. The number of carbonyl (C=O) groups is 1. The number of methoxy groups -OCH3 is 1. The number of anilines is 3. The van der Waals surface area contributed by atoms with Gasteiger partial charge < -0.3 is 20.3 Å². The van der Waals surface area contributed by atoms with Crippen LogP contribution in [0.4, 0.5) is 17.3 Å². The van der Waals surface area contributed by atoms with Crippen LogP contribution in [-0.2, 0) is 14.8 Å². The predicted molar refractivity (Wildman–Crippen MR) is 155 cm³/mol. The number of para-hydroxylation sites is 2. The normalized spacial score (nSPS) is 16.1. The van der Waals surface area contributed by atoms with Crippen molar-refractivity contribution in [2.45, 2.75) is 24.6 Å². The highest BCUT2D eigenvalue weighted by molar-refractivity contribution is 7.93. The Balaban J connectivity index is 1.64. The number of carbonyl (C=O) groups excluding carboxylic acids is 1. The lowest BCUT2D eigenvalue weighted by Crippen LogP contribution is -2.40. The summed E-state index contributed by atoms with van der Waals surface area (Å²) in [7, 11) is 1.34. The zero-order valence-corrected chi connectivity index (χ0v) is 23.7. The summed E-state index contributed by atoms with van der Waals surface area (Å²) in [4.78, 5) is 23.9. The molecule has 0 saturated heterocycles. The number of allylic oxidation sites excluding steroid dienone is 1. The van der Waals surface area contributed by atoms with Gasteiger partial charge in [-0.25, -0.2) is 18.4 Å². The third kappa shape index (κ3) is 7.05. The Morgan fingerprint density at radius 2 is 1.85 bits per heavy atom. The van der Waals surface area contributed by atoms with Gasteiger partial charge in [-0.15, -0.1) is 0 Å². The average molecular weight is 571 g/mol. The molecule has 206 valence electrons. The molecule has 2 unspecified atom stereocenters. The van der Waals surface area contributed by atoms with Crippen molar-refractivity contribution in [2.24, 2.45) is 0 Å². The maximum atomic E-state index is 13.5. The molecule has 3 N–H and O–H groups in total. The van der Waals surface area contributed by atoms with E-state index in [-0.39, 0.29) is 35.6 Å². The first-order valence-electron chi connectivity index (χ1n) is 12.3. The third-order valence-electron chi connectivity index (χ3n) is 5.94. The molecule has 1 heterocycles. The number of hydrogen-bond donors (Lipinski definition) is 3. The summed E-state index contributed by atoms with van der Waals surface area (Å²) in [5.41, 5.74) is 1.82. The molecule has 0 radical (unpaired) electrons. The zero-order valence-electron chi connectivity index (χ0n) is 22.1. The summed E-state index contributed by atoms with van der Waals surface area (Å²) >= 11 is 6.38. The number of benzene rings is 2. The minimum atomic E-state index is -4.02. The molecule has 1 aliphatic carbocycles. The number of rotatable bonds is 10. The van der Waals surface area contributed by atoms with Gasteiger partial charge in [-0.05, 0) is 51.7 Å². The number of sulfonamides is 1. The second-order valence-corrected chi connectivity index (χ2v) is 11.8. The fourth-order valence-corrected chi connectivity index (χ4v) is 5.56. The topological polar surface area (TPSA) is 126 Å². The first-order valence-corrected chi connectivity index (χ1v) is 14.2. The Kier molecular flexibility index (Phi) is 8.73. The van der Waals surface area contributed by atoms with E-state index in [4.69, 9.17) is 16.3 Å². The molecule has 0 bridgehead atoms. The number of ether oxygens (including phenoxy) is 1. The molecule has 4 rings (SSSR count). The fraction of sp³-hybridized carbons (Fsp3) is 0.296. The van der Waals surface area contributed by atoms with E-state index in [0.29, 0.717) is 34.0 Å². The summed E-state index contributed by atoms with van der Waals surface area (Å²) in [6.07, 6.45) is 4.97. The fourth-order valence-electron chi connectivity index (χ4n) is 4.14. The Morgan fingerprint density at radius 1 is 1.15 bits per heavy atom. The van der Waals surface area contributed by atoms with Crippen molar-refractivity contribution >= 4 is 55.9 Å². The van der Waals surface area contributed by atoms with Crippen molar-refractivity contribution in [1.29, 1.82) is 0 Å². The van der Waals surface area contributed by atoms with Crippen molar-refractivity contribution in [1.82, 2.24) is 20.2 Å². The largest absolute Gasteiger partial charge is 0.497 e. The molecular weight excluding hydrogens is 540 g/mol. The molecule has 0 fully saturated rings. The molecule has 12 heteroatoms. The zero-order chi connectivity index (χ0) is 28.2. The Morgan fingerprint density at radius 3 is 2.51 bits per heavy atom. The predicted octanol–water partition coefficient (Wildman–Crippen LogP) is 4.10. The van der Waals surface area contributed by atoms with Crippen LogP contribution in [0.3, 0.4) is 0 Å². The first-order chi connectivity index (χ1) is 18.6. The molecule has 10 nitrogen and oxygen atoms in total. The van der Waals surface area contributed by atoms with Crippen LogP contribution in [0.15, 0.2) is 66.3 Å². The minimum Gasteiger partial charge on any atom is -0.497 e. The van der Waals surface area contributed by atoms with Crippen LogP contribution < -0.4 is 20.1 Å². The molecule has 39 heavy (non-hydrogen) atoms.